The molecule has 0 amide bonds. The Balaban J connectivity index is 2.81. The van der Waals surface area contributed by atoms with Crippen molar-refractivity contribution in [3.63, 3.8) is 0 Å². The molecular weight excluding hydrogens is 264 g/mol. The molecule has 0 aliphatic heterocycles. The van der Waals surface area contributed by atoms with Crippen molar-refractivity contribution >= 4 is 33.7 Å². The molecule has 0 aliphatic carbocycles. The summed E-state index contributed by atoms with van der Waals surface area (Å²) in [4.78, 5) is 12.2. The maximum absolute atomic E-state index is 11.0. The highest BCUT2D eigenvalue weighted by Crippen LogP contribution is 2.26. The van der Waals surface area contributed by atoms with Gasteiger partial charge in [0.2, 0.25) is 0 Å². The van der Waals surface area contributed by atoms with Gasteiger partial charge < -0.3 is 4.74 Å². The van der Waals surface area contributed by atoms with E-state index in [-0.39, 0.29) is 5.97 Å². The van der Waals surface area contributed by atoms with Crippen LogP contribution in [0.1, 0.15) is 5.56 Å². The normalized spacial score (nSPS) is 9.93. The minimum Gasteiger partial charge on any atom is -0.469 e. The number of esters is 1. The molecule has 0 radical (unpaired) electrons. The van der Waals surface area contributed by atoms with Crippen molar-refractivity contribution in [3.05, 3.63) is 28.2 Å². The molecule has 0 unspecified atom stereocenters. The molecule has 1 rings (SSSR count). The molecule has 76 valence electrons. The van der Waals surface area contributed by atoms with Gasteiger partial charge in [0.15, 0.2) is 0 Å². The molecule has 0 heterocycles. The van der Waals surface area contributed by atoms with Crippen LogP contribution in [-0.4, -0.2) is 19.3 Å². The summed E-state index contributed by atoms with van der Waals surface area (Å²) in [7, 11) is 1.40. The van der Waals surface area contributed by atoms with Gasteiger partial charge >= 0.3 is 5.97 Å². The Morgan fingerprint density at radius 1 is 1.57 bits per heavy atom. The predicted octanol–water partition coefficient (Wildman–Crippen LogP) is 2.89. The molecule has 1 aromatic carbocycles. The number of hydrogen-bond acceptors (Lipinski definition) is 3. The average molecular weight is 275 g/mol. The van der Waals surface area contributed by atoms with Crippen LogP contribution in [0, 0.1) is 0 Å². The highest BCUT2D eigenvalue weighted by atomic mass is 79.9. The van der Waals surface area contributed by atoms with Gasteiger partial charge in [-0.1, -0.05) is 6.07 Å². The molecule has 1 aromatic rings. The Morgan fingerprint density at radius 2 is 2.29 bits per heavy atom. The van der Waals surface area contributed by atoms with E-state index in [1.54, 1.807) is 11.8 Å². The van der Waals surface area contributed by atoms with E-state index >= 15 is 0 Å². The third kappa shape index (κ3) is 3.03. The number of ether oxygens (including phenoxy) is 1. The zero-order valence-corrected chi connectivity index (χ0v) is 10.4. The number of hydrogen-bond donors (Lipinski definition) is 0. The summed E-state index contributed by atoms with van der Waals surface area (Å²) in [6, 6.07) is 5.88. The largest absolute Gasteiger partial charge is 0.469 e. The average Bonchev–Trinajstić information content (AvgIpc) is 2.18. The van der Waals surface area contributed by atoms with Crippen molar-refractivity contribution in [2.24, 2.45) is 0 Å². The van der Waals surface area contributed by atoms with Gasteiger partial charge in [-0.2, -0.15) is 0 Å². The number of carbonyl (C=O) groups excluding carboxylic acids is 1. The molecular formula is C10H11BrO2S. The van der Waals surface area contributed by atoms with Crippen LogP contribution in [0.2, 0.25) is 0 Å². The van der Waals surface area contributed by atoms with E-state index < -0.39 is 0 Å². The summed E-state index contributed by atoms with van der Waals surface area (Å²) in [5, 5.41) is 0. The first kappa shape index (κ1) is 11.6. The lowest BCUT2D eigenvalue weighted by Gasteiger charge is -2.04. The maximum Gasteiger partial charge on any atom is 0.309 e. The first-order valence-corrected chi connectivity index (χ1v) is 6.08. The van der Waals surface area contributed by atoms with Crippen LogP contribution in [0.25, 0.3) is 0 Å². The maximum atomic E-state index is 11.0. The standard InChI is InChI=1S/C10H11BrO2S/c1-13-10(12)6-7-3-4-9(14-2)8(11)5-7/h3-5H,6H2,1-2H3. The fraction of sp³-hybridized carbons (Fsp3) is 0.300. The summed E-state index contributed by atoms with van der Waals surface area (Å²) in [5.41, 5.74) is 0.960. The third-order valence-corrected chi connectivity index (χ3v) is 3.51. The molecule has 0 saturated carbocycles. The summed E-state index contributed by atoms with van der Waals surface area (Å²) in [5.74, 6) is -0.214. The highest BCUT2D eigenvalue weighted by Gasteiger charge is 2.05. The van der Waals surface area contributed by atoms with Gasteiger partial charge in [0.05, 0.1) is 13.5 Å². The summed E-state index contributed by atoms with van der Waals surface area (Å²) < 4.78 is 5.61. The fourth-order valence-corrected chi connectivity index (χ4v) is 2.43. The van der Waals surface area contributed by atoms with E-state index in [9.17, 15) is 4.79 Å². The minimum atomic E-state index is -0.214. The highest BCUT2D eigenvalue weighted by molar-refractivity contribution is 9.10. The molecule has 0 spiro atoms. The Bertz CT molecular complexity index is 339. The number of methoxy groups -OCH3 is 1. The minimum absolute atomic E-state index is 0.214. The van der Waals surface area contributed by atoms with E-state index in [0.29, 0.717) is 6.42 Å². The molecule has 0 N–H and O–H groups in total. The zero-order chi connectivity index (χ0) is 10.6. The van der Waals surface area contributed by atoms with Gasteiger partial charge in [0.1, 0.15) is 0 Å². The first-order valence-electron chi connectivity index (χ1n) is 4.06. The Kier molecular flexibility index (Phi) is 4.48. The predicted molar refractivity (Wildman–Crippen MR) is 61.6 cm³/mol. The monoisotopic (exact) mass is 274 g/mol. The van der Waals surface area contributed by atoms with Crippen LogP contribution < -0.4 is 0 Å². The van der Waals surface area contributed by atoms with E-state index in [0.717, 1.165) is 10.0 Å². The number of halogens is 1. The molecule has 0 bridgehead atoms. The van der Waals surface area contributed by atoms with E-state index in [4.69, 9.17) is 0 Å². The quantitative estimate of drug-likeness (QED) is 0.626. The summed E-state index contributed by atoms with van der Waals surface area (Å²) in [6.07, 6.45) is 2.34. The van der Waals surface area contributed by atoms with Crippen molar-refractivity contribution in [2.45, 2.75) is 11.3 Å². The second-order valence-corrected chi connectivity index (χ2v) is 4.42. The van der Waals surface area contributed by atoms with Crippen LogP contribution in [-0.2, 0) is 16.0 Å². The number of carbonyl (C=O) groups is 1. The molecule has 2 nitrogen and oxygen atoms in total. The van der Waals surface area contributed by atoms with Gasteiger partial charge in [0.25, 0.3) is 0 Å². The van der Waals surface area contributed by atoms with Gasteiger partial charge in [-0.3, -0.25) is 4.79 Å². The second-order valence-electron chi connectivity index (χ2n) is 2.72. The fourth-order valence-electron chi connectivity index (χ4n) is 1.06. The van der Waals surface area contributed by atoms with Crippen LogP contribution in [0.4, 0.5) is 0 Å². The lowest BCUT2D eigenvalue weighted by Crippen LogP contribution is -2.04. The molecule has 4 heteroatoms. The lowest BCUT2D eigenvalue weighted by atomic mass is 10.1. The molecule has 0 aromatic heterocycles. The smallest absolute Gasteiger partial charge is 0.309 e. The van der Waals surface area contributed by atoms with Crippen molar-refractivity contribution in [3.8, 4) is 0 Å². The van der Waals surface area contributed by atoms with Crippen molar-refractivity contribution in [1.82, 2.24) is 0 Å². The van der Waals surface area contributed by atoms with Crippen LogP contribution >= 0.6 is 27.7 Å². The van der Waals surface area contributed by atoms with Crippen LogP contribution in [0.3, 0.4) is 0 Å². The third-order valence-electron chi connectivity index (χ3n) is 1.79. The number of benzene rings is 1. The summed E-state index contributed by atoms with van der Waals surface area (Å²) >= 11 is 5.11. The SMILES string of the molecule is COC(=O)Cc1ccc(SC)c(Br)c1. The molecule has 0 atom stereocenters. The van der Waals surface area contributed by atoms with Gasteiger partial charge in [-0.25, -0.2) is 0 Å². The van der Waals surface area contributed by atoms with Crippen LogP contribution in [0.5, 0.6) is 0 Å². The van der Waals surface area contributed by atoms with Crippen molar-refractivity contribution in [2.75, 3.05) is 13.4 Å². The van der Waals surface area contributed by atoms with Crippen molar-refractivity contribution in [1.29, 1.82) is 0 Å². The van der Waals surface area contributed by atoms with E-state index in [1.165, 1.54) is 12.0 Å². The topological polar surface area (TPSA) is 26.3 Å². The Hall–Kier alpha value is -0.480. The van der Waals surface area contributed by atoms with Gasteiger partial charge in [0, 0.05) is 9.37 Å². The Labute approximate surface area is 96.2 Å². The lowest BCUT2D eigenvalue weighted by molar-refractivity contribution is -0.139. The molecule has 14 heavy (non-hydrogen) atoms. The van der Waals surface area contributed by atoms with Crippen LogP contribution in [0.15, 0.2) is 27.6 Å². The number of rotatable bonds is 3. The first-order chi connectivity index (χ1) is 6.67. The van der Waals surface area contributed by atoms with Crippen molar-refractivity contribution < 1.29 is 9.53 Å². The van der Waals surface area contributed by atoms with Gasteiger partial charge in [-0.15, -0.1) is 11.8 Å². The zero-order valence-electron chi connectivity index (χ0n) is 8.04. The molecule has 0 fully saturated rings. The second kappa shape index (κ2) is 5.41. The number of thioether (sulfide) groups is 1. The molecule has 0 aliphatic rings. The molecule has 0 saturated heterocycles. The van der Waals surface area contributed by atoms with E-state index in [2.05, 4.69) is 20.7 Å². The Morgan fingerprint density at radius 3 is 2.79 bits per heavy atom. The van der Waals surface area contributed by atoms with E-state index in [1.807, 2.05) is 24.5 Å². The van der Waals surface area contributed by atoms with Gasteiger partial charge in [-0.05, 0) is 39.9 Å². The summed E-state index contributed by atoms with van der Waals surface area (Å²) in [6.45, 7) is 0.